The minimum atomic E-state index is -0.603. The van der Waals surface area contributed by atoms with Gasteiger partial charge in [-0.05, 0) is 79.5 Å². The maximum Gasteiger partial charge on any atom is 0.312 e. The van der Waals surface area contributed by atoms with Gasteiger partial charge in [-0.15, -0.1) is 0 Å². The molecule has 3 N–H and O–H groups in total. The standard InChI is InChI=1S/C35H40N4O6/c40-30-13-9-25(10-14-30)17-20-38-28(23-36-32(42)33(38)43)8-4-5-19-37-24-29(22-27-6-2-1-3-7-27)39(35(45)34(37)44)21-18-26-11-15-31(41)16-12-26/h1-3,6-7,9-16,28-29,40-41H,4-5,8,17-24H2,(H,36,42)/t28-,29-/m0/s1. The Morgan fingerprint density at radius 2 is 1.20 bits per heavy atom. The third kappa shape index (κ3) is 8.20. The van der Waals surface area contributed by atoms with E-state index in [4.69, 9.17) is 0 Å². The molecule has 45 heavy (non-hydrogen) atoms. The highest BCUT2D eigenvalue weighted by molar-refractivity contribution is 6.36. The molecule has 2 aliphatic heterocycles. The molecule has 0 radical (unpaired) electrons. The van der Waals surface area contributed by atoms with Gasteiger partial charge in [0.25, 0.3) is 0 Å². The van der Waals surface area contributed by atoms with Crippen molar-refractivity contribution in [2.45, 2.75) is 50.6 Å². The molecular formula is C35H40N4O6. The van der Waals surface area contributed by atoms with Crippen LogP contribution in [-0.4, -0.2) is 93.3 Å². The number of nitrogens with zero attached hydrogens (tertiary/aromatic N) is 3. The fourth-order valence-electron chi connectivity index (χ4n) is 6.14. The van der Waals surface area contributed by atoms with Gasteiger partial charge in [-0.1, -0.05) is 54.6 Å². The Kier molecular flexibility index (Phi) is 10.3. The summed E-state index contributed by atoms with van der Waals surface area (Å²) in [4.78, 5) is 56.5. The van der Waals surface area contributed by atoms with E-state index in [0.717, 1.165) is 23.1 Å². The quantitative estimate of drug-likeness (QED) is 0.201. The number of hydrogen-bond donors (Lipinski definition) is 3. The number of hydrogen-bond acceptors (Lipinski definition) is 6. The number of aromatic hydroxyl groups is 2. The van der Waals surface area contributed by atoms with Gasteiger partial charge < -0.3 is 30.2 Å². The number of benzene rings is 3. The van der Waals surface area contributed by atoms with Crippen molar-refractivity contribution in [2.24, 2.45) is 0 Å². The molecule has 0 aliphatic carbocycles. The van der Waals surface area contributed by atoms with Crippen LogP contribution in [0.4, 0.5) is 0 Å². The fraction of sp³-hybridized carbons (Fsp3) is 0.371. The van der Waals surface area contributed by atoms with Crippen molar-refractivity contribution in [1.29, 1.82) is 0 Å². The first-order valence-corrected chi connectivity index (χ1v) is 15.6. The van der Waals surface area contributed by atoms with E-state index in [0.29, 0.717) is 64.8 Å². The summed E-state index contributed by atoms with van der Waals surface area (Å²) < 4.78 is 0. The van der Waals surface area contributed by atoms with Crippen molar-refractivity contribution >= 4 is 23.6 Å². The van der Waals surface area contributed by atoms with Gasteiger partial charge in [0.1, 0.15) is 11.5 Å². The number of piperazine rings is 2. The smallest absolute Gasteiger partial charge is 0.312 e. The van der Waals surface area contributed by atoms with E-state index >= 15 is 0 Å². The molecule has 2 saturated heterocycles. The van der Waals surface area contributed by atoms with E-state index < -0.39 is 23.6 Å². The number of nitrogens with one attached hydrogen (secondary N) is 1. The Hall–Kier alpha value is -4.86. The zero-order valence-electron chi connectivity index (χ0n) is 25.3. The second-order valence-electron chi connectivity index (χ2n) is 11.8. The summed E-state index contributed by atoms with van der Waals surface area (Å²) >= 11 is 0. The Morgan fingerprint density at radius 3 is 1.80 bits per heavy atom. The zero-order chi connectivity index (χ0) is 31.8. The monoisotopic (exact) mass is 612 g/mol. The predicted molar refractivity (Wildman–Crippen MR) is 168 cm³/mol. The van der Waals surface area contributed by atoms with Gasteiger partial charge in [0.15, 0.2) is 0 Å². The number of phenolic OH excluding ortho intramolecular Hbond substituents is 2. The molecule has 0 bridgehead atoms. The zero-order valence-corrected chi connectivity index (χ0v) is 25.3. The molecule has 0 saturated carbocycles. The molecule has 3 aromatic rings. The maximum absolute atomic E-state index is 13.4. The molecule has 5 rings (SSSR count). The molecule has 3 aromatic carbocycles. The van der Waals surface area contributed by atoms with E-state index in [1.54, 1.807) is 51.1 Å². The Morgan fingerprint density at radius 1 is 0.622 bits per heavy atom. The second kappa shape index (κ2) is 14.7. The van der Waals surface area contributed by atoms with E-state index in [1.165, 1.54) is 0 Å². The van der Waals surface area contributed by atoms with Crippen LogP contribution in [0, 0.1) is 0 Å². The molecular weight excluding hydrogens is 572 g/mol. The van der Waals surface area contributed by atoms with Gasteiger partial charge in [0.05, 0.1) is 6.04 Å². The summed E-state index contributed by atoms with van der Waals surface area (Å²) in [6, 6.07) is 23.3. The summed E-state index contributed by atoms with van der Waals surface area (Å²) in [6.45, 7) is 2.04. The van der Waals surface area contributed by atoms with Crippen molar-refractivity contribution < 1.29 is 29.4 Å². The lowest BCUT2D eigenvalue weighted by molar-refractivity contribution is -0.159. The summed E-state index contributed by atoms with van der Waals surface area (Å²) in [5.74, 6) is -1.79. The number of phenols is 2. The number of rotatable bonds is 13. The first-order chi connectivity index (χ1) is 21.8. The van der Waals surface area contributed by atoms with Crippen LogP contribution in [0.15, 0.2) is 78.9 Å². The van der Waals surface area contributed by atoms with Crippen molar-refractivity contribution in [3.63, 3.8) is 0 Å². The van der Waals surface area contributed by atoms with Gasteiger partial charge in [0, 0.05) is 38.8 Å². The van der Waals surface area contributed by atoms with Crippen molar-refractivity contribution in [2.75, 3.05) is 32.7 Å². The lowest BCUT2D eigenvalue weighted by Gasteiger charge is -2.41. The molecule has 2 fully saturated rings. The molecule has 10 nitrogen and oxygen atoms in total. The third-order valence-corrected chi connectivity index (χ3v) is 8.68. The first-order valence-electron chi connectivity index (χ1n) is 15.6. The largest absolute Gasteiger partial charge is 0.508 e. The van der Waals surface area contributed by atoms with Crippen LogP contribution in [-0.2, 0) is 38.4 Å². The van der Waals surface area contributed by atoms with Gasteiger partial charge >= 0.3 is 23.6 Å². The summed E-state index contributed by atoms with van der Waals surface area (Å²) in [6.07, 6.45) is 3.80. The Balaban J connectivity index is 1.18. The van der Waals surface area contributed by atoms with Crippen LogP contribution in [0.3, 0.4) is 0 Å². The highest BCUT2D eigenvalue weighted by Gasteiger charge is 2.39. The van der Waals surface area contributed by atoms with E-state index in [9.17, 15) is 29.4 Å². The summed E-state index contributed by atoms with van der Waals surface area (Å²) in [5, 5.41) is 21.8. The lowest BCUT2D eigenvalue weighted by Crippen LogP contribution is -2.60. The van der Waals surface area contributed by atoms with Crippen molar-refractivity contribution in [3.8, 4) is 11.5 Å². The number of unbranched alkanes of at least 4 members (excludes halogenated alkanes) is 1. The Bertz CT molecular complexity index is 1480. The minimum Gasteiger partial charge on any atom is -0.508 e. The van der Waals surface area contributed by atoms with Gasteiger partial charge in [-0.25, -0.2) is 0 Å². The van der Waals surface area contributed by atoms with Crippen LogP contribution in [0.25, 0.3) is 0 Å². The molecule has 2 heterocycles. The molecule has 236 valence electrons. The normalized spacial score (nSPS) is 18.8. The van der Waals surface area contributed by atoms with Gasteiger partial charge in [-0.3, -0.25) is 19.2 Å². The summed E-state index contributed by atoms with van der Waals surface area (Å²) in [5.41, 5.74) is 3.03. The number of carbonyl (C=O) groups is 4. The molecule has 0 unspecified atom stereocenters. The molecule has 0 spiro atoms. The van der Waals surface area contributed by atoms with E-state index in [2.05, 4.69) is 5.32 Å². The third-order valence-electron chi connectivity index (χ3n) is 8.68. The van der Waals surface area contributed by atoms with E-state index in [1.807, 2.05) is 42.5 Å². The average Bonchev–Trinajstić information content (AvgIpc) is 3.04. The van der Waals surface area contributed by atoms with Gasteiger partial charge in [0.2, 0.25) is 0 Å². The molecule has 10 heteroatoms. The molecule has 0 aromatic heterocycles. The number of carbonyl (C=O) groups excluding carboxylic acids is 4. The highest BCUT2D eigenvalue weighted by Crippen LogP contribution is 2.21. The molecule has 2 atom stereocenters. The van der Waals surface area contributed by atoms with Gasteiger partial charge in [-0.2, -0.15) is 0 Å². The van der Waals surface area contributed by atoms with Crippen LogP contribution in [0.5, 0.6) is 11.5 Å². The topological polar surface area (TPSA) is 130 Å². The maximum atomic E-state index is 13.4. The highest BCUT2D eigenvalue weighted by atomic mass is 16.3. The first kappa shape index (κ1) is 31.6. The van der Waals surface area contributed by atoms with Crippen LogP contribution in [0.1, 0.15) is 36.0 Å². The van der Waals surface area contributed by atoms with Crippen LogP contribution < -0.4 is 5.32 Å². The average molecular weight is 613 g/mol. The lowest BCUT2D eigenvalue weighted by atomic mass is 9.99. The second-order valence-corrected chi connectivity index (χ2v) is 11.8. The van der Waals surface area contributed by atoms with Crippen molar-refractivity contribution in [1.82, 2.24) is 20.0 Å². The number of amides is 4. The van der Waals surface area contributed by atoms with Crippen LogP contribution in [0.2, 0.25) is 0 Å². The SMILES string of the molecule is O=C1NC[C@H](CCCCN2C[C@H](Cc3ccccc3)N(CCc3ccc(O)cc3)C(=O)C2=O)N(CCc2ccc(O)cc2)C1=O. The fourth-order valence-corrected chi connectivity index (χ4v) is 6.14. The predicted octanol–water partition coefficient (Wildman–Crippen LogP) is 2.66. The van der Waals surface area contributed by atoms with Crippen LogP contribution >= 0.6 is 0 Å². The Labute approximate surface area is 263 Å². The van der Waals surface area contributed by atoms with Crippen molar-refractivity contribution in [3.05, 3.63) is 95.6 Å². The van der Waals surface area contributed by atoms with E-state index in [-0.39, 0.29) is 23.6 Å². The molecule has 4 amide bonds. The summed E-state index contributed by atoms with van der Waals surface area (Å²) in [7, 11) is 0. The molecule has 2 aliphatic rings. The minimum absolute atomic E-state index is 0.160.